The summed E-state index contributed by atoms with van der Waals surface area (Å²) in [5, 5.41) is 2.69. The molecule has 0 aromatic heterocycles. The van der Waals surface area contributed by atoms with Crippen LogP contribution in [0, 0.1) is 0 Å². The molecule has 7 nitrogen and oxygen atoms in total. The third kappa shape index (κ3) is 4.87. The second-order valence-corrected chi connectivity index (χ2v) is 4.92. The van der Waals surface area contributed by atoms with E-state index in [1.807, 2.05) is 0 Å². The fourth-order valence-corrected chi connectivity index (χ4v) is 2.04. The number of esters is 1. The zero-order valence-electron chi connectivity index (χ0n) is 14.2. The smallest absolute Gasteiger partial charge is 0.341 e. The maximum atomic E-state index is 12.0. The highest BCUT2D eigenvalue weighted by Crippen LogP contribution is 2.25. The first-order chi connectivity index (χ1) is 12.1. The van der Waals surface area contributed by atoms with Gasteiger partial charge in [0.05, 0.1) is 21.3 Å². The number of methoxy groups -OCH3 is 3. The summed E-state index contributed by atoms with van der Waals surface area (Å²) in [6.45, 7) is -0.275. The van der Waals surface area contributed by atoms with Gasteiger partial charge in [0.25, 0.3) is 5.91 Å². The molecule has 1 N–H and O–H groups in total. The van der Waals surface area contributed by atoms with Gasteiger partial charge < -0.3 is 24.3 Å². The molecule has 0 fully saturated rings. The van der Waals surface area contributed by atoms with Crippen molar-refractivity contribution in [2.45, 2.75) is 0 Å². The fraction of sp³-hybridized carbons (Fsp3) is 0.222. The Morgan fingerprint density at radius 1 is 0.920 bits per heavy atom. The molecule has 2 aromatic rings. The van der Waals surface area contributed by atoms with Gasteiger partial charge in [0.2, 0.25) is 0 Å². The lowest BCUT2D eigenvalue weighted by molar-refractivity contribution is -0.118. The Kier molecular flexibility index (Phi) is 6.22. The molecule has 0 atom stereocenters. The van der Waals surface area contributed by atoms with E-state index in [0.717, 1.165) is 0 Å². The third-order valence-corrected chi connectivity index (χ3v) is 3.33. The number of amides is 1. The highest BCUT2D eigenvalue weighted by Gasteiger charge is 2.15. The first-order valence-electron chi connectivity index (χ1n) is 7.40. The molecule has 0 heterocycles. The van der Waals surface area contributed by atoms with E-state index in [0.29, 0.717) is 17.2 Å². The molecule has 0 saturated carbocycles. The van der Waals surface area contributed by atoms with Crippen LogP contribution in [0.15, 0.2) is 42.5 Å². The number of nitrogens with one attached hydrogen (secondary N) is 1. The van der Waals surface area contributed by atoms with Crippen molar-refractivity contribution in [3.63, 3.8) is 0 Å². The van der Waals surface area contributed by atoms with Crippen molar-refractivity contribution in [1.29, 1.82) is 0 Å². The van der Waals surface area contributed by atoms with E-state index in [2.05, 4.69) is 5.32 Å². The van der Waals surface area contributed by atoms with Gasteiger partial charge in [0.1, 0.15) is 22.8 Å². The predicted molar refractivity (Wildman–Crippen MR) is 91.5 cm³/mol. The average Bonchev–Trinajstić information content (AvgIpc) is 2.66. The summed E-state index contributed by atoms with van der Waals surface area (Å²) >= 11 is 0. The fourth-order valence-electron chi connectivity index (χ4n) is 2.04. The molecular weight excluding hydrogens is 326 g/mol. The zero-order chi connectivity index (χ0) is 18.2. The molecule has 0 aliphatic heterocycles. The molecule has 7 heteroatoms. The van der Waals surface area contributed by atoms with Crippen LogP contribution < -0.4 is 19.5 Å². The van der Waals surface area contributed by atoms with E-state index in [1.165, 1.54) is 26.4 Å². The number of anilines is 1. The molecule has 2 aromatic carbocycles. The SMILES string of the molecule is COC(=O)c1ccc(OC)cc1OCC(=O)Nc1ccc(OC)cc1. The number of ether oxygens (including phenoxy) is 4. The van der Waals surface area contributed by atoms with Gasteiger partial charge in [-0.05, 0) is 36.4 Å². The summed E-state index contributed by atoms with van der Waals surface area (Å²) in [4.78, 5) is 23.8. The van der Waals surface area contributed by atoms with Gasteiger partial charge >= 0.3 is 5.97 Å². The van der Waals surface area contributed by atoms with Crippen LogP contribution in [0.25, 0.3) is 0 Å². The molecule has 25 heavy (non-hydrogen) atoms. The van der Waals surface area contributed by atoms with Gasteiger partial charge in [-0.2, -0.15) is 0 Å². The Morgan fingerprint density at radius 2 is 1.56 bits per heavy atom. The topological polar surface area (TPSA) is 83.1 Å². The molecular formula is C18H19NO6. The minimum absolute atomic E-state index is 0.205. The molecule has 0 aliphatic rings. The van der Waals surface area contributed by atoms with E-state index in [1.54, 1.807) is 37.4 Å². The average molecular weight is 345 g/mol. The number of hydrogen-bond acceptors (Lipinski definition) is 6. The van der Waals surface area contributed by atoms with Crippen LogP contribution >= 0.6 is 0 Å². The molecule has 0 aliphatic carbocycles. The van der Waals surface area contributed by atoms with E-state index in [-0.39, 0.29) is 23.8 Å². The number of carbonyl (C=O) groups is 2. The van der Waals surface area contributed by atoms with Crippen LogP contribution in [0.5, 0.6) is 17.2 Å². The minimum atomic E-state index is -0.562. The molecule has 0 spiro atoms. The van der Waals surface area contributed by atoms with E-state index in [4.69, 9.17) is 18.9 Å². The molecule has 0 saturated heterocycles. The van der Waals surface area contributed by atoms with Crippen molar-refractivity contribution in [2.75, 3.05) is 33.3 Å². The second-order valence-electron chi connectivity index (χ2n) is 4.92. The van der Waals surface area contributed by atoms with Gasteiger partial charge in [-0.25, -0.2) is 4.79 Å². The highest BCUT2D eigenvalue weighted by atomic mass is 16.5. The van der Waals surface area contributed by atoms with E-state index >= 15 is 0 Å². The lowest BCUT2D eigenvalue weighted by Gasteiger charge is -2.12. The first-order valence-corrected chi connectivity index (χ1v) is 7.40. The molecule has 2 rings (SSSR count). The standard InChI is InChI=1S/C18H19NO6/c1-22-13-6-4-12(5-7-13)19-17(20)11-25-16-10-14(23-2)8-9-15(16)18(21)24-3/h4-10H,11H2,1-3H3,(H,19,20). The van der Waals surface area contributed by atoms with Crippen LogP contribution in [-0.4, -0.2) is 39.8 Å². The van der Waals surface area contributed by atoms with Gasteiger partial charge in [-0.15, -0.1) is 0 Å². The lowest BCUT2D eigenvalue weighted by Crippen LogP contribution is -2.21. The van der Waals surface area contributed by atoms with Crippen LogP contribution in [0.1, 0.15) is 10.4 Å². The number of hydrogen-bond donors (Lipinski definition) is 1. The van der Waals surface area contributed by atoms with Gasteiger partial charge in [0, 0.05) is 11.8 Å². The summed E-state index contributed by atoms with van der Waals surface area (Å²) < 4.78 is 20.3. The van der Waals surface area contributed by atoms with Crippen molar-refractivity contribution in [3.8, 4) is 17.2 Å². The quantitative estimate of drug-likeness (QED) is 0.777. The molecule has 0 unspecified atom stereocenters. The minimum Gasteiger partial charge on any atom is -0.497 e. The van der Waals surface area contributed by atoms with Crippen molar-refractivity contribution >= 4 is 17.6 Å². The van der Waals surface area contributed by atoms with Gasteiger partial charge in [-0.1, -0.05) is 0 Å². The lowest BCUT2D eigenvalue weighted by atomic mass is 10.2. The van der Waals surface area contributed by atoms with Crippen molar-refractivity contribution in [3.05, 3.63) is 48.0 Å². The van der Waals surface area contributed by atoms with Gasteiger partial charge in [-0.3, -0.25) is 4.79 Å². The zero-order valence-corrected chi connectivity index (χ0v) is 14.2. The van der Waals surface area contributed by atoms with Crippen molar-refractivity contribution < 1.29 is 28.5 Å². The summed E-state index contributed by atoms with van der Waals surface area (Å²) in [5.41, 5.74) is 0.814. The Balaban J connectivity index is 2.03. The van der Waals surface area contributed by atoms with E-state index < -0.39 is 5.97 Å². The Morgan fingerprint density at radius 3 is 2.16 bits per heavy atom. The van der Waals surface area contributed by atoms with Crippen molar-refractivity contribution in [1.82, 2.24) is 0 Å². The van der Waals surface area contributed by atoms with E-state index in [9.17, 15) is 9.59 Å². The first kappa shape index (κ1) is 18.1. The van der Waals surface area contributed by atoms with Crippen LogP contribution in [0.2, 0.25) is 0 Å². The molecule has 132 valence electrons. The van der Waals surface area contributed by atoms with Crippen LogP contribution in [0.3, 0.4) is 0 Å². The Hall–Kier alpha value is -3.22. The highest BCUT2D eigenvalue weighted by molar-refractivity contribution is 5.94. The Labute approximate surface area is 145 Å². The van der Waals surface area contributed by atoms with Crippen LogP contribution in [-0.2, 0) is 9.53 Å². The summed E-state index contributed by atoms with van der Waals surface area (Å²) in [6, 6.07) is 11.5. The maximum Gasteiger partial charge on any atom is 0.341 e. The monoisotopic (exact) mass is 345 g/mol. The normalized spacial score (nSPS) is 9.88. The van der Waals surface area contributed by atoms with Crippen LogP contribution in [0.4, 0.5) is 5.69 Å². The van der Waals surface area contributed by atoms with Crippen molar-refractivity contribution in [2.24, 2.45) is 0 Å². The summed E-state index contributed by atoms with van der Waals surface area (Å²) in [7, 11) is 4.33. The number of benzene rings is 2. The predicted octanol–water partition coefficient (Wildman–Crippen LogP) is 2.51. The third-order valence-electron chi connectivity index (χ3n) is 3.33. The molecule has 0 bridgehead atoms. The summed E-state index contributed by atoms with van der Waals surface area (Å²) in [5.74, 6) is 0.458. The maximum absolute atomic E-state index is 12.0. The second kappa shape index (κ2) is 8.58. The number of carbonyl (C=O) groups excluding carboxylic acids is 2. The largest absolute Gasteiger partial charge is 0.497 e. The number of rotatable bonds is 7. The molecule has 0 radical (unpaired) electrons. The van der Waals surface area contributed by atoms with Gasteiger partial charge in [0.15, 0.2) is 6.61 Å². The Bertz CT molecular complexity index is 742. The molecule has 1 amide bonds. The summed E-state index contributed by atoms with van der Waals surface area (Å²) in [6.07, 6.45) is 0.